The molecule has 2 amide bonds. The second-order valence-corrected chi connectivity index (χ2v) is 7.45. The Balaban J connectivity index is 1.75. The highest BCUT2D eigenvalue weighted by Crippen LogP contribution is 2.32. The molecule has 1 aliphatic rings. The SMILES string of the molecule is COc1cc(F)c([C@@H](C)NC(=O)c2cnn3c2C[C@@H](CNC(C)=O)CC3)cc1OC. The first-order valence-electron chi connectivity index (χ1n) is 9.85. The van der Waals surface area contributed by atoms with Crippen LogP contribution in [0.4, 0.5) is 4.39 Å². The molecule has 0 bridgehead atoms. The van der Waals surface area contributed by atoms with E-state index in [9.17, 15) is 14.0 Å². The van der Waals surface area contributed by atoms with E-state index < -0.39 is 11.9 Å². The predicted molar refractivity (Wildman–Crippen MR) is 108 cm³/mol. The van der Waals surface area contributed by atoms with Crippen molar-refractivity contribution in [1.29, 1.82) is 0 Å². The monoisotopic (exact) mass is 418 g/mol. The summed E-state index contributed by atoms with van der Waals surface area (Å²) >= 11 is 0. The van der Waals surface area contributed by atoms with Gasteiger partial charge >= 0.3 is 0 Å². The molecule has 30 heavy (non-hydrogen) atoms. The fraction of sp³-hybridized carbons (Fsp3) is 0.476. The van der Waals surface area contributed by atoms with Crippen molar-refractivity contribution in [3.05, 3.63) is 41.0 Å². The van der Waals surface area contributed by atoms with Crippen molar-refractivity contribution in [2.45, 2.75) is 39.3 Å². The molecular formula is C21H27FN4O4. The Labute approximate surface area is 174 Å². The van der Waals surface area contributed by atoms with Gasteiger partial charge in [0.05, 0.1) is 37.7 Å². The van der Waals surface area contributed by atoms with Crippen LogP contribution in [0.15, 0.2) is 18.3 Å². The van der Waals surface area contributed by atoms with Gasteiger partial charge in [-0.05, 0) is 31.7 Å². The molecule has 1 aromatic carbocycles. The predicted octanol–water partition coefficient (Wildman–Crippen LogP) is 2.23. The molecule has 0 aliphatic carbocycles. The van der Waals surface area contributed by atoms with Gasteiger partial charge in [-0.2, -0.15) is 5.10 Å². The summed E-state index contributed by atoms with van der Waals surface area (Å²) in [6.07, 6.45) is 3.06. The van der Waals surface area contributed by atoms with Crippen molar-refractivity contribution in [1.82, 2.24) is 20.4 Å². The Bertz CT molecular complexity index is 943. The lowest BCUT2D eigenvalue weighted by Crippen LogP contribution is -2.33. The number of benzene rings is 1. The molecule has 1 aliphatic heterocycles. The molecule has 0 saturated heterocycles. The Morgan fingerprint density at radius 2 is 2.00 bits per heavy atom. The second kappa shape index (κ2) is 9.15. The summed E-state index contributed by atoms with van der Waals surface area (Å²) in [5.41, 5.74) is 1.59. The molecule has 8 nitrogen and oxygen atoms in total. The van der Waals surface area contributed by atoms with E-state index in [1.54, 1.807) is 13.1 Å². The third kappa shape index (κ3) is 4.55. The molecule has 0 unspecified atom stereocenters. The average molecular weight is 418 g/mol. The minimum absolute atomic E-state index is 0.0715. The van der Waals surface area contributed by atoms with Crippen molar-refractivity contribution in [2.24, 2.45) is 5.92 Å². The van der Waals surface area contributed by atoms with Gasteiger partial charge in [0.1, 0.15) is 5.82 Å². The minimum Gasteiger partial charge on any atom is -0.493 e. The average Bonchev–Trinajstić information content (AvgIpc) is 3.15. The molecule has 0 radical (unpaired) electrons. The van der Waals surface area contributed by atoms with Crippen molar-refractivity contribution >= 4 is 11.8 Å². The third-order valence-corrected chi connectivity index (χ3v) is 5.38. The van der Waals surface area contributed by atoms with Gasteiger partial charge in [0.25, 0.3) is 5.91 Å². The normalized spacial score (nSPS) is 16.4. The van der Waals surface area contributed by atoms with Gasteiger partial charge in [-0.3, -0.25) is 14.3 Å². The van der Waals surface area contributed by atoms with E-state index in [-0.39, 0.29) is 23.5 Å². The number of aryl methyl sites for hydroxylation is 1. The number of fused-ring (bicyclic) bond motifs is 1. The standard InChI is InChI=1S/C21H27FN4O4/c1-12(15-8-19(29-3)20(30-4)9-17(15)22)25-21(28)16-11-24-26-6-5-14(7-18(16)26)10-23-13(2)27/h8-9,11-12,14H,5-7,10H2,1-4H3,(H,23,27)(H,25,28)/t12-,14+/m1/s1. The minimum atomic E-state index is -0.591. The summed E-state index contributed by atoms with van der Waals surface area (Å²) in [6.45, 7) is 4.44. The van der Waals surface area contributed by atoms with Crippen LogP contribution in [0.2, 0.25) is 0 Å². The highest BCUT2D eigenvalue weighted by atomic mass is 19.1. The summed E-state index contributed by atoms with van der Waals surface area (Å²) in [4.78, 5) is 24.1. The highest BCUT2D eigenvalue weighted by Gasteiger charge is 2.26. The Hall–Kier alpha value is -3.10. The molecule has 3 rings (SSSR count). The van der Waals surface area contributed by atoms with Gasteiger partial charge in [-0.15, -0.1) is 0 Å². The van der Waals surface area contributed by atoms with Gasteiger partial charge in [-0.25, -0.2) is 4.39 Å². The molecule has 2 aromatic rings. The fourth-order valence-electron chi connectivity index (χ4n) is 3.70. The Morgan fingerprint density at radius 3 is 2.67 bits per heavy atom. The van der Waals surface area contributed by atoms with E-state index in [4.69, 9.17) is 9.47 Å². The number of nitrogens with one attached hydrogen (secondary N) is 2. The quantitative estimate of drug-likeness (QED) is 0.719. The zero-order valence-electron chi connectivity index (χ0n) is 17.6. The van der Waals surface area contributed by atoms with E-state index in [0.29, 0.717) is 36.4 Å². The maximum Gasteiger partial charge on any atom is 0.255 e. The number of carbonyl (C=O) groups is 2. The summed E-state index contributed by atoms with van der Waals surface area (Å²) in [7, 11) is 2.91. The molecule has 0 fully saturated rings. The van der Waals surface area contributed by atoms with E-state index >= 15 is 0 Å². The third-order valence-electron chi connectivity index (χ3n) is 5.38. The second-order valence-electron chi connectivity index (χ2n) is 7.45. The van der Waals surface area contributed by atoms with Gasteiger partial charge in [0, 0.05) is 31.6 Å². The molecule has 2 N–H and O–H groups in total. The molecule has 9 heteroatoms. The molecule has 0 saturated carbocycles. The first-order chi connectivity index (χ1) is 14.3. The summed E-state index contributed by atoms with van der Waals surface area (Å²) in [5.74, 6) is 0.0288. The zero-order chi connectivity index (χ0) is 21.8. The van der Waals surface area contributed by atoms with Crippen molar-refractivity contribution < 1.29 is 23.5 Å². The van der Waals surface area contributed by atoms with Gasteiger partial charge in [-0.1, -0.05) is 0 Å². The number of amides is 2. The fourth-order valence-corrected chi connectivity index (χ4v) is 3.70. The number of hydrogen-bond donors (Lipinski definition) is 2. The van der Waals surface area contributed by atoms with Crippen molar-refractivity contribution in [2.75, 3.05) is 20.8 Å². The summed E-state index contributed by atoms with van der Waals surface area (Å²) in [6, 6.07) is 2.17. The maximum absolute atomic E-state index is 14.5. The number of methoxy groups -OCH3 is 2. The smallest absolute Gasteiger partial charge is 0.255 e. The van der Waals surface area contributed by atoms with Crippen molar-refractivity contribution in [3.63, 3.8) is 0 Å². The first-order valence-corrected chi connectivity index (χ1v) is 9.85. The first kappa shape index (κ1) is 21.6. The molecule has 1 aromatic heterocycles. The number of halogens is 1. The number of rotatable bonds is 7. The van der Waals surface area contributed by atoms with Crippen LogP contribution in [-0.2, 0) is 17.8 Å². The van der Waals surface area contributed by atoms with E-state index in [1.165, 1.54) is 33.3 Å². The van der Waals surface area contributed by atoms with Crippen molar-refractivity contribution in [3.8, 4) is 11.5 Å². The topological polar surface area (TPSA) is 94.5 Å². The molecule has 2 atom stereocenters. The number of ether oxygens (including phenoxy) is 2. The molecule has 0 spiro atoms. The lowest BCUT2D eigenvalue weighted by atomic mass is 9.94. The largest absolute Gasteiger partial charge is 0.493 e. The van der Waals surface area contributed by atoms with Crippen LogP contribution >= 0.6 is 0 Å². The van der Waals surface area contributed by atoms with E-state index in [0.717, 1.165) is 12.1 Å². The number of hydrogen-bond acceptors (Lipinski definition) is 5. The molecular weight excluding hydrogens is 391 g/mol. The number of nitrogens with zero attached hydrogens (tertiary/aromatic N) is 2. The maximum atomic E-state index is 14.5. The lowest BCUT2D eigenvalue weighted by molar-refractivity contribution is -0.119. The van der Waals surface area contributed by atoms with Crippen LogP contribution in [0.5, 0.6) is 11.5 Å². The van der Waals surface area contributed by atoms with Crippen LogP contribution < -0.4 is 20.1 Å². The van der Waals surface area contributed by atoms with Crippen LogP contribution in [0, 0.1) is 11.7 Å². The molecule has 2 heterocycles. The zero-order valence-corrected chi connectivity index (χ0v) is 17.6. The van der Waals surface area contributed by atoms with Crippen LogP contribution in [0.1, 0.15) is 47.9 Å². The Morgan fingerprint density at radius 1 is 1.30 bits per heavy atom. The number of carbonyl (C=O) groups excluding carboxylic acids is 2. The van der Waals surface area contributed by atoms with Gasteiger partial charge < -0.3 is 20.1 Å². The summed E-state index contributed by atoms with van der Waals surface area (Å²) in [5, 5.41) is 9.99. The van der Waals surface area contributed by atoms with E-state index in [2.05, 4.69) is 15.7 Å². The Kier molecular flexibility index (Phi) is 6.59. The van der Waals surface area contributed by atoms with Gasteiger partial charge in [0.15, 0.2) is 11.5 Å². The van der Waals surface area contributed by atoms with Crippen LogP contribution in [0.3, 0.4) is 0 Å². The van der Waals surface area contributed by atoms with Crippen LogP contribution in [-0.4, -0.2) is 42.4 Å². The lowest BCUT2D eigenvalue weighted by Gasteiger charge is -2.24. The summed E-state index contributed by atoms with van der Waals surface area (Å²) < 4.78 is 26.7. The van der Waals surface area contributed by atoms with Crippen LogP contribution in [0.25, 0.3) is 0 Å². The number of aromatic nitrogens is 2. The van der Waals surface area contributed by atoms with E-state index in [1.807, 2.05) is 4.68 Å². The van der Waals surface area contributed by atoms with Gasteiger partial charge in [0.2, 0.25) is 5.91 Å². The highest BCUT2D eigenvalue weighted by molar-refractivity contribution is 5.95. The molecule has 162 valence electrons.